The summed E-state index contributed by atoms with van der Waals surface area (Å²) in [6.07, 6.45) is 0.721. The number of nitrogens with zero attached hydrogens (tertiary/aromatic N) is 4. The van der Waals surface area contributed by atoms with E-state index in [0.29, 0.717) is 30.7 Å². The number of aromatic nitrogens is 1. The lowest BCUT2D eigenvalue weighted by Crippen LogP contribution is -2.56. The fraction of sp³-hybridized carbons (Fsp3) is 0.444. The normalized spacial score (nSPS) is 16.6. The number of hydrogen-bond acceptors (Lipinski definition) is 9. The first-order valence-corrected chi connectivity index (χ1v) is 16.9. The summed E-state index contributed by atoms with van der Waals surface area (Å²) in [6.45, 7) is 4.03. The van der Waals surface area contributed by atoms with E-state index in [1.54, 1.807) is 36.1 Å². The number of carboxylic acid groups (broad SMARTS) is 1. The van der Waals surface area contributed by atoms with Crippen LogP contribution in [0.25, 0.3) is 10.9 Å². The summed E-state index contributed by atoms with van der Waals surface area (Å²) in [5.74, 6) is -2.20. The molecule has 2 aliphatic rings. The number of amides is 4. The van der Waals surface area contributed by atoms with E-state index in [0.717, 1.165) is 18.4 Å². The SMILES string of the molecule is CCOC(=O)N1CCN(C(=O)C(CCC(=O)O)NC(=O)c2cc(OCC(=O)N3CCCC3COCc3ccccc3)c3ccccc3n2)CC1. The Balaban J connectivity index is 1.24. The first-order valence-electron chi connectivity index (χ1n) is 16.9. The standard InChI is InChI=1S/C36H43N5O9/c1-2-49-36(47)40-19-17-39(18-20-40)35(46)29(14-15-33(43)44)38-34(45)30-21-31(27-12-6-7-13-28(27)37-30)50-24-32(42)41-16-8-11-26(41)23-48-22-25-9-4-3-5-10-25/h3-7,9-10,12-13,21,26,29H,2,8,11,14-20,22-24H2,1H3,(H,38,45)(H,43,44). The Morgan fingerprint density at radius 3 is 2.42 bits per heavy atom. The molecule has 2 N–H and O–H groups in total. The summed E-state index contributed by atoms with van der Waals surface area (Å²) in [6, 6.07) is 17.1. The van der Waals surface area contributed by atoms with E-state index in [2.05, 4.69) is 10.3 Å². The minimum absolute atomic E-state index is 0.0558. The number of piperazine rings is 1. The van der Waals surface area contributed by atoms with Gasteiger partial charge in [-0.05, 0) is 43.9 Å². The second kappa shape index (κ2) is 17.4. The van der Waals surface area contributed by atoms with Crippen LogP contribution in [-0.4, -0.2) is 119 Å². The van der Waals surface area contributed by atoms with Gasteiger partial charge in [-0.25, -0.2) is 9.78 Å². The molecule has 3 aromatic rings. The van der Waals surface area contributed by atoms with Crippen LogP contribution in [0.15, 0.2) is 60.7 Å². The number of carbonyl (C=O) groups is 5. The van der Waals surface area contributed by atoms with Gasteiger partial charge in [0, 0.05) is 50.6 Å². The highest BCUT2D eigenvalue weighted by molar-refractivity contribution is 5.99. The van der Waals surface area contributed by atoms with Crippen molar-refractivity contribution in [3.63, 3.8) is 0 Å². The maximum atomic E-state index is 13.6. The molecular formula is C36H43N5O9. The number of hydrogen-bond donors (Lipinski definition) is 2. The molecule has 4 amide bonds. The summed E-state index contributed by atoms with van der Waals surface area (Å²) < 4.78 is 17.0. The number of fused-ring (bicyclic) bond motifs is 1. The molecule has 14 nitrogen and oxygen atoms in total. The fourth-order valence-electron chi connectivity index (χ4n) is 6.13. The molecule has 2 saturated heterocycles. The number of aliphatic carboxylic acids is 1. The number of benzene rings is 2. The van der Waals surface area contributed by atoms with E-state index >= 15 is 0 Å². The highest BCUT2D eigenvalue weighted by Gasteiger charge is 2.32. The molecule has 2 atom stereocenters. The van der Waals surface area contributed by atoms with Crippen LogP contribution in [0.3, 0.4) is 0 Å². The molecule has 2 aliphatic heterocycles. The molecule has 0 radical (unpaired) electrons. The van der Waals surface area contributed by atoms with E-state index < -0.39 is 29.9 Å². The summed E-state index contributed by atoms with van der Waals surface area (Å²) in [5.41, 5.74) is 1.45. The lowest BCUT2D eigenvalue weighted by Gasteiger charge is -2.35. The molecule has 3 heterocycles. The first kappa shape index (κ1) is 36.1. The van der Waals surface area contributed by atoms with Gasteiger partial charge in [0.1, 0.15) is 17.5 Å². The lowest BCUT2D eigenvalue weighted by molar-refractivity contribution is -0.138. The van der Waals surface area contributed by atoms with Gasteiger partial charge < -0.3 is 39.3 Å². The van der Waals surface area contributed by atoms with Crippen LogP contribution in [0.5, 0.6) is 5.75 Å². The number of rotatable bonds is 14. The Labute approximate surface area is 290 Å². The Morgan fingerprint density at radius 2 is 1.68 bits per heavy atom. The maximum Gasteiger partial charge on any atom is 0.409 e. The molecule has 1 aromatic heterocycles. The minimum atomic E-state index is -1.15. The maximum absolute atomic E-state index is 13.6. The third kappa shape index (κ3) is 9.47. The van der Waals surface area contributed by atoms with Crippen molar-refractivity contribution >= 4 is 40.7 Å². The van der Waals surface area contributed by atoms with Crippen LogP contribution in [0.4, 0.5) is 4.79 Å². The molecule has 2 unspecified atom stereocenters. The molecular weight excluding hydrogens is 646 g/mol. The number of carbonyl (C=O) groups excluding carboxylic acids is 4. The van der Waals surface area contributed by atoms with Gasteiger partial charge in [0.2, 0.25) is 5.91 Å². The van der Waals surface area contributed by atoms with E-state index in [9.17, 15) is 29.1 Å². The molecule has 266 valence electrons. The summed E-state index contributed by atoms with van der Waals surface area (Å²) >= 11 is 0. The van der Waals surface area contributed by atoms with Crippen LogP contribution < -0.4 is 10.1 Å². The zero-order chi connectivity index (χ0) is 35.5. The molecule has 0 saturated carbocycles. The largest absolute Gasteiger partial charge is 0.483 e. The number of likely N-dealkylation sites (tertiary alicyclic amines) is 1. The van der Waals surface area contributed by atoms with Crippen molar-refractivity contribution in [3.8, 4) is 5.75 Å². The van der Waals surface area contributed by atoms with Crippen molar-refractivity contribution < 1.29 is 43.3 Å². The van der Waals surface area contributed by atoms with Crippen LogP contribution in [0, 0.1) is 0 Å². The van der Waals surface area contributed by atoms with Crippen LogP contribution >= 0.6 is 0 Å². The summed E-state index contributed by atoms with van der Waals surface area (Å²) in [7, 11) is 0. The van der Waals surface area contributed by atoms with E-state index in [4.69, 9.17) is 14.2 Å². The second-order valence-electron chi connectivity index (χ2n) is 12.2. The zero-order valence-corrected chi connectivity index (χ0v) is 28.1. The molecule has 5 rings (SSSR count). The Hall–Kier alpha value is -5.24. The Morgan fingerprint density at radius 1 is 0.960 bits per heavy atom. The van der Waals surface area contributed by atoms with Crippen LogP contribution in [0.2, 0.25) is 0 Å². The third-order valence-electron chi connectivity index (χ3n) is 8.75. The monoisotopic (exact) mass is 689 g/mol. The average Bonchev–Trinajstić information content (AvgIpc) is 3.61. The Bertz CT molecular complexity index is 1660. The van der Waals surface area contributed by atoms with E-state index in [1.807, 2.05) is 30.3 Å². The number of ether oxygens (including phenoxy) is 3. The number of pyridine rings is 1. The topological polar surface area (TPSA) is 168 Å². The molecule has 2 aromatic carbocycles. The summed E-state index contributed by atoms with van der Waals surface area (Å²) in [5, 5.41) is 12.6. The first-order chi connectivity index (χ1) is 24.2. The van der Waals surface area contributed by atoms with Gasteiger partial charge in [0.25, 0.3) is 11.8 Å². The highest BCUT2D eigenvalue weighted by Crippen LogP contribution is 2.26. The van der Waals surface area contributed by atoms with Gasteiger partial charge in [0.05, 0.1) is 31.4 Å². The summed E-state index contributed by atoms with van der Waals surface area (Å²) in [4.78, 5) is 73.2. The molecule has 2 fully saturated rings. The van der Waals surface area contributed by atoms with Gasteiger partial charge >= 0.3 is 12.1 Å². The molecule has 0 spiro atoms. The van der Waals surface area contributed by atoms with Gasteiger partial charge in [-0.15, -0.1) is 0 Å². The number of carboxylic acids is 1. The lowest BCUT2D eigenvalue weighted by atomic mass is 10.1. The van der Waals surface area contributed by atoms with Gasteiger partial charge in [0.15, 0.2) is 6.61 Å². The average molecular weight is 690 g/mol. The van der Waals surface area contributed by atoms with Crippen molar-refractivity contribution in [2.45, 2.75) is 51.3 Å². The minimum Gasteiger partial charge on any atom is -0.483 e. The van der Waals surface area contributed by atoms with E-state index in [1.165, 1.54) is 15.9 Å². The third-order valence-corrected chi connectivity index (χ3v) is 8.75. The quantitative estimate of drug-likeness (QED) is 0.257. The molecule has 50 heavy (non-hydrogen) atoms. The molecule has 14 heteroatoms. The predicted molar refractivity (Wildman–Crippen MR) is 181 cm³/mol. The predicted octanol–water partition coefficient (Wildman–Crippen LogP) is 3.09. The van der Waals surface area contributed by atoms with Gasteiger partial charge in [-0.2, -0.15) is 0 Å². The van der Waals surface area contributed by atoms with Crippen molar-refractivity contribution in [2.75, 3.05) is 52.5 Å². The van der Waals surface area contributed by atoms with Crippen molar-refractivity contribution in [1.82, 2.24) is 25.0 Å². The van der Waals surface area contributed by atoms with Gasteiger partial charge in [-0.3, -0.25) is 19.2 Å². The second-order valence-corrected chi connectivity index (χ2v) is 12.2. The van der Waals surface area contributed by atoms with Crippen molar-refractivity contribution in [2.24, 2.45) is 0 Å². The Kier molecular flexibility index (Phi) is 12.6. The van der Waals surface area contributed by atoms with Crippen molar-refractivity contribution in [3.05, 3.63) is 71.9 Å². The number of para-hydroxylation sites is 1. The smallest absolute Gasteiger partial charge is 0.409 e. The highest BCUT2D eigenvalue weighted by atomic mass is 16.6. The van der Waals surface area contributed by atoms with Gasteiger partial charge in [-0.1, -0.05) is 42.5 Å². The zero-order valence-electron chi connectivity index (χ0n) is 28.1. The fourth-order valence-corrected chi connectivity index (χ4v) is 6.13. The number of nitrogens with one attached hydrogen (secondary N) is 1. The van der Waals surface area contributed by atoms with Crippen LogP contribution in [-0.2, 0) is 30.5 Å². The molecule has 0 bridgehead atoms. The van der Waals surface area contributed by atoms with E-state index in [-0.39, 0.29) is 75.6 Å². The van der Waals surface area contributed by atoms with Crippen LogP contribution in [0.1, 0.15) is 48.7 Å². The van der Waals surface area contributed by atoms with Crippen molar-refractivity contribution in [1.29, 1.82) is 0 Å². The molecule has 0 aliphatic carbocycles.